The largest absolute Gasteiger partial charge is 0.353 e. The van der Waals surface area contributed by atoms with Crippen molar-refractivity contribution in [2.45, 2.75) is 39.0 Å². The van der Waals surface area contributed by atoms with Gasteiger partial charge in [-0.15, -0.1) is 0 Å². The normalized spacial score (nSPS) is 19.1. The van der Waals surface area contributed by atoms with Gasteiger partial charge in [-0.3, -0.25) is 4.79 Å². The summed E-state index contributed by atoms with van der Waals surface area (Å²) in [6.07, 6.45) is 4.66. The summed E-state index contributed by atoms with van der Waals surface area (Å²) in [5.41, 5.74) is 0.660. The molecule has 0 amide bonds. The fourth-order valence-electron chi connectivity index (χ4n) is 2.10. The molecule has 2 heterocycles. The fourth-order valence-corrected chi connectivity index (χ4v) is 2.10. The average Bonchev–Trinajstić information content (AvgIpc) is 2.43. The maximum atomic E-state index is 12.0. The van der Waals surface area contributed by atoms with Gasteiger partial charge in [0.25, 0.3) is 5.56 Å². The van der Waals surface area contributed by atoms with Crippen LogP contribution in [0.5, 0.6) is 0 Å². The number of nitrogens with zero attached hydrogens (tertiary/aromatic N) is 2. The standard InChI is InChI=1S/C14H18N2O3/c1-11-5-6-16(14(17)12(11)10-15)7-9-19-13-4-2-3-8-18-13/h5-6,13H,2-4,7-9H2,1H3/t13-/m0/s1. The summed E-state index contributed by atoms with van der Waals surface area (Å²) in [4.78, 5) is 12.0. The Morgan fingerprint density at radius 1 is 1.58 bits per heavy atom. The predicted molar refractivity (Wildman–Crippen MR) is 69.7 cm³/mol. The van der Waals surface area contributed by atoms with Crippen LogP contribution in [0.15, 0.2) is 17.1 Å². The first-order valence-corrected chi connectivity index (χ1v) is 6.55. The van der Waals surface area contributed by atoms with Crippen molar-refractivity contribution in [2.75, 3.05) is 13.2 Å². The molecule has 1 aliphatic rings. The van der Waals surface area contributed by atoms with Gasteiger partial charge in [-0.2, -0.15) is 5.26 Å². The maximum Gasteiger partial charge on any atom is 0.268 e. The van der Waals surface area contributed by atoms with Crippen molar-refractivity contribution in [1.82, 2.24) is 4.57 Å². The van der Waals surface area contributed by atoms with Crippen LogP contribution in [0.1, 0.15) is 30.4 Å². The van der Waals surface area contributed by atoms with Gasteiger partial charge in [0, 0.05) is 19.3 Å². The van der Waals surface area contributed by atoms with Gasteiger partial charge < -0.3 is 14.0 Å². The molecular formula is C14H18N2O3. The average molecular weight is 262 g/mol. The van der Waals surface area contributed by atoms with Crippen molar-refractivity contribution >= 4 is 0 Å². The Bertz CT molecular complexity index is 524. The molecule has 0 radical (unpaired) electrons. The smallest absolute Gasteiger partial charge is 0.268 e. The van der Waals surface area contributed by atoms with E-state index < -0.39 is 0 Å². The summed E-state index contributed by atoms with van der Waals surface area (Å²) in [5.74, 6) is 0. The van der Waals surface area contributed by atoms with E-state index in [9.17, 15) is 4.79 Å². The molecule has 0 saturated carbocycles. The number of pyridine rings is 1. The first kappa shape index (κ1) is 13.8. The van der Waals surface area contributed by atoms with Crippen molar-refractivity contribution in [3.63, 3.8) is 0 Å². The minimum atomic E-state index is -0.254. The molecule has 5 nitrogen and oxygen atoms in total. The van der Waals surface area contributed by atoms with E-state index >= 15 is 0 Å². The van der Waals surface area contributed by atoms with Crippen LogP contribution < -0.4 is 5.56 Å². The number of rotatable bonds is 4. The lowest BCUT2D eigenvalue weighted by molar-refractivity contribution is -0.163. The third kappa shape index (κ3) is 3.43. The first-order valence-electron chi connectivity index (χ1n) is 6.55. The lowest BCUT2D eigenvalue weighted by Gasteiger charge is -2.22. The van der Waals surface area contributed by atoms with Crippen LogP contribution in [-0.4, -0.2) is 24.1 Å². The lowest BCUT2D eigenvalue weighted by atomic mass is 10.2. The van der Waals surface area contributed by atoms with Crippen LogP contribution in [0.4, 0.5) is 0 Å². The summed E-state index contributed by atoms with van der Waals surface area (Å²) in [5, 5.41) is 8.94. The number of aryl methyl sites for hydroxylation is 1. The van der Waals surface area contributed by atoms with Gasteiger partial charge in [-0.25, -0.2) is 0 Å². The zero-order chi connectivity index (χ0) is 13.7. The van der Waals surface area contributed by atoms with E-state index in [1.807, 2.05) is 6.07 Å². The molecular weight excluding hydrogens is 244 g/mol. The van der Waals surface area contributed by atoms with Gasteiger partial charge in [0.1, 0.15) is 11.6 Å². The Kier molecular flexibility index (Phi) is 4.72. The highest BCUT2D eigenvalue weighted by atomic mass is 16.7. The van der Waals surface area contributed by atoms with Gasteiger partial charge in [0.05, 0.1) is 6.61 Å². The topological polar surface area (TPSA) is 64.2 Å². The van der Waals surface area contributed by atoms with E-state index in [0.29, 0.717) is 18.7 Å². The third-order valence-corrected chi connectivity index (χ3v) is 3.26. The monoisotopic (exact) mass is 262 g/mol. The second-order valence-electron chi connectivity index (χ2n) is 4.65. The minimum absolute atomic E-state index is 0.148. The molecule has 102 valence electrons. The molecule has 0 spiro atoms. The molecule has 1 aliphatic heterocycles. The fraction of sp³-hybridized carbons (Fsp3) is 0.571. The van der Waals surface area contributed by atoms with Crippen LogP contribution in [0.25, 0.3) is 0 Å². The second kappa shape index (κ2) is 6.50. The molecule has 2 rings (SSSR count). The molecule has 1 aromatic rings. The Hall–Kier alpha value is -1.64. The van der Waals surface area contributed by atoms with Crippen molar-refractivity contribution < 1.29 is 9.47 Å². The van der Waals surface area contributed by atoms with Crippen LogP contribution in [-0.2, 0) is 16.0 Å². The summed E-state index contributed by atoms with van der Waals surface area (Å²) in [7, 11) is 0. The van der Waals surface area contributed by atoms with E-state index in [4.69, 9.17) is 14.7 Å². The Balaban J connectivity index is 1.93. The number of ether oxygens (including phenoxy) is 2. The van der Waals surface area contributed by atoms with Gasteiger partial charge >= 0.3 is 0 Å². The number of hydrogen-bond donors (Lipinski definition) is 0. The van der Waals surface area contributed by atoms with Crippen molar-refractivity contribution in [2.24, 2.45) is 0 Å². The molecule has 1 fully saturated rings. The predicted octanol–water partition coefficient (Wildman–Crippen LogP) is 1.57. The van der Waals surface area contributed by atoms with Gasteiger partial charge in [-0.05, 0) is 37.8 Å². The molecule has 0 N–H and O–H groups in total. The van der Waals surface area contributed by atoms with Crippen LogP contribution in [0, 0.1) is 18.3 Å². The zero-order valence-corrected chi connectivity index (χ0v) is 11.1. The van der Waals surface area contributed by atoms with Crippen LogP contribution >= 0.6 is 0 Å². The van der Waals surface area contributed by atoms with E-state index in [2.05, 4.69) is 0 Å². The minimum Gasteiger partial charge on any atom is -0.353 e. The van der Waals surface area contributed by atoms with Gasteiger partial charge in [0.15, 0.2) is 6.29 Å². The molecule has 5 heteroatoms. The molecule has 1 atom stereocenters. The van der Waals surface area contributed by atoms with Crippen molar-refractivity contribution in [3.05, 3.63) is 33.7 Å². The summed E-state index contributed by atoms with van der Waals surface area (Å²) < 4.78 is 12.5. The summed E-state index contributed by atoms with van der Waals surface area (Å²) in [6, 6.07) is 3.72. The van der Waals surface area contributed by atoms with E-state index in [1.54, 1.807) is 19.2 Å². The third-order valence-electron chi connectivity index (χ3n) is 3.26. The van der Waals surface area contributed by atoms with E-state index in [0.717, 1.165) is 25.9 Å². The van der Waals surface area contributed by atoms with Gasteiger partial charge in [0.2, 0.25) is 0 Å². The molecule has 1 saturated heterocycles. The summed E-state index contributed by atoms with van der Waals surface area (Å²) >= 11 is 0. The first-order chi connectivity index (χ1) is 9.22. The number of aromatic nitrogens is 1. The summed E-state index contributed by atoms with van der Waals surface area (Å²) in [6.45, 7) is 3.36. The molecule has 0 bridgehead atoms. The maximum absolute atomic E-state index is 12.0. The Labute approximate surface area is 112 Å². The quantitative estimate of drug-likeness (QED) is 0.826. The highest BCUT2D eigenvalue weighted by Gasteiger charge is 2.14. The lowest BCUT2D eigenvalue weighted by Crippen LogP contribution is -2.28. The Morgan fingerprint density at radius 3 is 3.11 bits per heavy atom. The van der Waals surface area contributed by atoms with Crippen LogP contribution in [0.2, 0.25) is 0 Å². The second-order valence-corrected chi connectivity index (χ2v) is 4.65. The van der Waals surface area contributed by atoms with Crippen LogP contribution in [0.3, 0.4) is 0 Å². The van der Waals surface area contributed by atoms with E-state index in [1.165, 1.54) is 4.57 Å². The molecule has 0 unspecified atom stereocenters. The molecule has 1 aromatic heterocycles. The van der Waals surface area contributed by atoms with E-state index in [-0.39, 0.29) is 17.4 Å². The molecule has 0 aliphatic carbocycles. The molecule has 0 aromatic carbocycles. The van der Waals surface area contributed by atoms with Crippen molar-refractivity contribution in [3.8, 4) is 6.07 Å². The highest BCUT2D eigenvalue weighted by molar-refractivity contribution is 5.33. The SMILES string of the molecule is Cc1ccn(CCO[C@H]2CCCCO2)c(=O)c1C#N. The number of nitriles is 1. The zero-order valence-electron chi connectivity index (χ0n) is 11.1. The number of hydrogen-bond acceptors (Lipinski definition) is 4. The molecule has 19 heavy (non-hydrogen) atoms. The Morgan fingerprint density at radius 2 is 2.42 bits per heavy atom. The van der Waals surface area contributed by atoms with Crippen molar-refractivity contribution in [1.29, 1.82) is 5.26 Å². The van der Waals surface area contributed by atoms with Gasteiger partial charge in [-0.1, -0.05) is 0 Å². The highest BCUT2D eigenvalue weighted by Crippen LogP contribution is 2.13.